The summed E-state index contributed by atoms with van der Waals surface area (Å²) in [6.07, 6.45) is 1.34. The number of benzene rings is 1. The van der Waals surface area contributed by atoms with Crippen molar-refractivity contribution in [2.45, 2.75) is 10.7 Å². The number of carbonyl (C=O) groups is 1. The first-order valence-corrected chi connectivity index (χ1v) is 6.76. The number of para-hydroxylation sites is 1. The number of rotatable bonds is 5. The van der Waals surface area contributed by atoms with E-state index in [4.69, 9.17) is 5.84 Å². The average molecular weight is 310 g/mol. The number of nitrogens with zero attached hydrogens (tertiary/aromatic N) is 1. The highest BCUT2D eigenvalue weighted by Crippen LogP contribution is 2.31. The Hall–Kier alpha value is -2.19. The van der Waals surface area contributed by atoms with E-state index >= 15 is 0 Å². The molecular formula is C13H12F2N4OS. The standard InChI is InChI=1S/C13H12F2N4OS/c14-13(15)21-10-4-2-1-3-9(10)18-12(20)8-5-6-11(19-16)17-7-8/h1-7,13H,16H2,(H,17,19)(H,18,20). The van der Waals surface area contributed by atoms with Gasteiger partial charge in [-0.15, -0.1) is 0 Å². The number of hydrazine groups is 1. The Kier molecular flexibility index (Phi) is 5.07. The summed E-state index contributed by atoms with van der Waals surface area (Å²) in [5.41, 5.74) is 2.97. The largest absolute Gasteiger partial charge is 0.321 e. The topological polar surface area (TPSA) is 80.0 Å². The molecular weight excluding hydrogens is 298 g/mol. The lowest BCUT2D eigenvalue weighted by Crippen LogP contribution is -2.14. The molecule has 0 unspecified atom stereocenters. The van der Waals surface area contributed by atoms with Gasteiger partial charge in [0.2, 0.25) is 0 Å². The fourth-order valence-corrected chi connectivity index (χ4v) is 2.17. The minimum Gasteiger partial charge on any atom is -0.321 e. The van der Waals surface area contributed by atoms with Gasteiger partial charge in [-0.3, -0.25) is 4.79 Å². The Morgan fingerprint density at radius 2 is 2.00 bits per heavy atom. The number of carbonyl (C=O) groups excluding carboxylic acids is 1. The first-order valence-electron chi connectivity index (χ1n) is 5.88. The lowest BCUT2D eigenvalue weighted by atomic mass is 10.2. The van der Waals surface area contributed by atoms with E-state index in [1.165, 1.54) is 24.4 Å². The van der Waals surface area contributed by atoms with Crippen molar-refractivity contribution in [1.29, 1.82) is 0 Å². The van der Waals surface area contributed by atoms with Gasteiger partial charge in [-0.1, -0.05) is 23.9 Å². The molecule has 0 spiro atoms. The Bertz CT molecular complexity index is 622. The first kappa shape index (κ1) is 15.2. The molecule has 2 rings (SSSR count). The summed E-state index contributed by atoms with van der Waals surface area (Å²) in [7, 11) is 0. The van der Waals surface area contributed by atoms with Crippen molar-refractivity contribution in [2.24, 2.45) is 5.84 Å². The first-order chi connectivity index (χ1) is 10.1. The van der Waals surface area contributed by atoms with Gasteiger partial charge in [-0.05, 0) is 24.3 Å². The van der Waals surface area contributed by atoms with E-state index in [-0.39, 0.29) is 0 Å². The molecule has 110 valence electrons. The zero-order chi connectivity index (χ0) is 15.2. The highest BCUT2D eigenvalue weighted by Gasteiger charge is 2.13. The van der Waals surface area contributed by atoms with Crippen LogP contribution in [0.4, 0.5) is 20.3 Å². The third kappa shape index (κ3) is 4.14. The van der Waals surface area contributed by atoms with Crippen LogP contribution in [0.25, 0.3) is 0 Å². The molecule has 0 fully saturated rings. The SMILES string of the molecule is NNc1ccc(C(=O)Nc2ccccc2SC(F)F)cn1. The maximum absolute atomic E-state index is 12.5. The van der Waals surface area contributed by atoms with Crippen LogP contribution in [0.15, 0.2) is 47.5 Å². The second-order valence-electron chi connectivity index (χ2n) is 3.91. The van der Waals surface area contributed by atoms with Crippen molar-refractivity contribution in [1.82, 2.24) is 4.98 Å². The minimum absolute atomic E-state index is 0.297. The third-order valence-corrected chi connectivity index (χ3v) is 3.31. The summed E-state index contributed by atoms with van der Waals surface area (Å²) in [5.74, 6) is 2.60. The van der Waals surface area contributed by atoms with Gasteiger partial charge in [0, 0.05) is 11.1 Å². The minimum atomic E-state index is -2.56. The van der Waals surface area contributed by atoms with Crippen molar-refractivity contribution < 1.29 is 13.6 Å². The average Bonchev–Trinajstić information content (AvgIpc) is 2.49. The molecule has 0 aliphatic rings. The predicted molar refractivity (Wildman–Crippen MR) is 78.3 cm³/mol. The van der Waals surface area contributed by atoms with Crippen LogP contribution < -0.4 is 16.6 Å². The molecule has 0 bridgehead atoms. The Balaban J connectivity index is 2.15. The van der Waals surface area contributed by atoms with Crippen molar-refractivity contribution in [3.8, 4) is 0 Å². The molecule has 21 heavy (non-hydrogen) atoms. The monoisotopic (exact) mass is 310 g/mol. The van der Waals surface area contributed by atoms with Gasteiger partial charge in [-0.2, -0.15) is 8.78 Å². The summed E-state index contributed by atoms with van der Waals surface area (Å²) < 4.78 is 24.9. The predicted octanol–water partition coefficient (Wildman–Crippen LogP) is 2.93. The number of anilines is 2. The molecule has 0 saturated heterocycles. The molecule has 0 radical (unpaired) electrons. The number of amides is 1. The second-order valence-corrected chi connectivity index (χ2v) is 4.94. The van der Waals surface area contributed by atoms with Crippen LogP contribution in [-0.4, -0.2) is 16.6 Å². The Labute approximate surface area is 123 Å². The van der Waals surface area contributed by atoms with Gasteiger partial charge in [-0.25, -0.2) is 10.8 Å². The number of alkyl halides is 2. The van der Waals surface area contributed by atoms with Crippen LogP contribution >= 0.6 is 11.8 Å². The lowest BCUT2D eigenvalue weighted by Gasteiger charge is -2.10. The molecule has 0 saturated carbocycles. The molecule has 0 aliphatic carbocycles. The molecule has 0 atom stereocenters. The summed E-state index contributed by atoms with van der Waals surface area (Å²) in [6, 6.07) is 9.43. The number of thioether (sulfide) groups is 1. The molecule has 1 aromatic carbocycles. The van der Waals surface area contributed by atoms with Crippen LogP contribution in [-0.2, 0) is 0 Å². The molecule has 1 amide bonds. The number of nitrogens with one attached hydrogen (secondary N) is 2. The van der Waals surface area contributed by atoms with Crippen molar-refractivity contribution in [3.05, 3.63) is 48.2 Å². The van der Waals surface area contributed by atoms with E-state index in [0.29, 0.717) is 33.7 Å². The van der Waals surface area contributed by atoms with Crippen molar-refractivity contribution in [2.75, 3.05) is 10.7 Å². The number of nitrogen functional groups attached to an aromatic ring is 1. The summed E-state index contributed by atoms with van der Waals surface area (Å²) in [6.45, 7) is 0. The molecule has 5 nitrogen and oxygen atoms in total. The van der Waals surface area contributed by atoms with E-state index in [2.05, 4.69) is 15.7 Å². The molecule has 2 aromatic rings. The number of aromatic nitrogens is 1. The molecule has 1 aromatic heterocycles. The quantitative estimate of drug-likeness (QED) is 0.449. The van der Waals surface area contributed by atoms with Gasteiger partial charge in [0.15, 0.2) is 0 Å². The summed E-state index contributed by atoms with van der Waals surface area (Å²) in [4.78, 5) is 16.3. The number of hydrogen-bond donors (Lipinski definition) is 3. The zero-order valence-corrected chi connectivity index (χ0v) is 11.5. The van der Waals surface area contributed by atoms with Crippen LogP contribution in [0.1, 0.15) is 10.4 Å². The van der Waals surface area contributed by atoms with E-state index < -0.39 is 11.7 Å². The zero-order valence-electron chi connectivity index (χ0n) is 10.7. The van der Waals surface area contributed by atoms with Crippen molar-refractivity contribution in [3.63, 3.8) is 0 Å². The highest BCUT2D eigenvalue weighted by atomic mass is 32.2. The van der Waals surface area contributed by atoms with Crippen LogP contribution in [0, 0.1) is 0 Å². The number of nitrogens with two attached hydrogens (primary N) is 1. The normalized spacial score (nSPS) is 10.5. The highest BCUT2D eigenvalue weighted by molar-refractivity contribution is 7.99. The molecule has 4 N–H and O–H groups in total. The second kappa shape index (κ2) is 7.00. The van der Waals surface area contributed by atoms with Gasteiger partial charge < -0.3 is 10.7 Å². The smallest absolute Gasteiger partial charge is 0.288 e. The number of halogens is 2. The summed E-state index contributed by atoms with van der Waals surface area (Å²) >= 11 is 0.378. The summed E-state index contributed by atoms with van der Waals surface area (Å²) in [5, 5.41) is 2.58. The maximum Gasteiger partial charge on any atom is 0.288 e. The van der Waals surface area contributed by atoms with Crippen LogP contribution in [0.5, 0.6) is 0 Å². The van der Waals surface area contributed by atoms with Crippen molar-refractivity contribution >= 4 is 29.2 Å². The van der Waals surface area contributed by atoms with E-state index in [1.54, 1.807) is 18.2 Å². The number of pyridine rings is 1. The van der Waals surface area contributed by atoms with Gasteiger partial charge in [0.25, 0.3) is 11.7 Å². The molecule has 8 heteroatoms. The maximum atomic E-state index is 12.5. The van der Waals surface area contributed by atoms with E-state index in [0.717, 1.165) is 0 Å². The van der Waals surface area contributed by atoms with Gasteiger partial charge >= 0.3 is 0 Å². The molecule has 1 heterocycles. The number of hydrogen-bond acceptors (Lipinski definition) is 5. The lowest BCUT2D eigenvalue weighted by molar-refractivity contribution is 0.102. The fraction of sp³-hybridized carbons (Fsp3) is 0.0769. The van der Waals surface area contributed by atoms with Gasteiger partial charge in [0.05, 0.1) is 11.3 Å². The van der Waals surface area contributed by atoms with E-state index in [1.807, 2.05) is 0 Å². The Morgan fingerprint density at radius 1 is 1.24 bits per heavy atom. The Morgan fingerprint density at radius 3 is 2.62 bits per heavy atom. The van der Waals surface area contributed by atoms with Crippen LogP contribution in [0.3, 0.4) is 0 Å². The third-order valence-electron chi connectivity index (χ3n) is 2.52. The van der Waals surface area contributed by atoms with Gasteiger partial charge in [0.1, 0.15) is 5.82 Å². The van der Waals surface area contributed by atoms with Crippen LogP contribution in [0.2, 0.25) is 0 Å². The van der Waals surface area contributed by atoms with E-state index in [9.17, 15) is 13.6 Å². The fourth-order valence-electron chi connectivity index (χ4n) is 1.58. The molecule has 0 aliphatic heterocycles.